The number of aliphatic hydroxyl groups is 1. The van der Waals surface area contributed by atoms with Crippen molar-refractivity contribution in [3.8, 4) is 5.69 Å². The van der Waals surface area contributed by atoms with Crippen LogP contribution in [0.25, 0.3) is 16.6 Å². The smallest absolute Gasteiger partial charge is 0.123 e. The molecule has 25 heavy (non-hydrogen) atoms. The number of fused-ring (bicyclic) bond motifs is 1. The van der Waals surface area contributed by atoms with Gasteiger partial charge in [-0.2, -0.15) is 5.10 Å². The minimum Gasteiger partial charge on any atom is -0.355 e. The van der Waals surface area contributed by atoms with Crippen LogP contribution in [0.2, 0.25) is 0 Å². The summed E-state index contributed by atoms with van der Waals surface area (Å²) in [6.45, 7) is 0. The van der Waals surface area contributed by atoms with E-state index < -0.39 is 0 Å². The second-order valence-electron chi connectivity index (χ2n) is 5.58. The normalized spacial score (nSPS) is 12.2. The molecule has 124 valence electrons. The van der Waals surface area contributed by atoms with Gasteiger partial charge in [-0.05, 0) is 42.5 Å². The molecule has 4 aromatic rings. The van der Waals surface area contributed by atoms with Crippen molar-refractivity contribution in [2.45, 2.75) is 4.90 Å². The third kappa shape index (κ3) is 3.24. The molecule has 0 atom stereocenters. The molecule has 0 unspecified atom stereocenters. The van der Waals surface area contributed by atoms with Gasteiger partial charge in [0, 0.05) is 15.8 Å². The highest BCUT2D eigenvalue weighted by Gasteiger charge is 2.06. The van der Waals surface area contributed by atoms with Crippen LogP contribution in [-0.4, -0.2) is 19.9 Å². The molecule has 1 aromatic heterocycles. The molecule has 0 saturated heterocycles. The van der Waals surface area contributed by atoms with E-state index in [9.17, 15) is 9.50 Å². The first-order valence-electron chi connectivity index (χ1n) is 7.77. The van der Waals surface area contributed by atoms with Crippen LogP contribution in [0, 0.1) is 5.82 Å². The fourth-order valence-electron chi connectivity index (χ4n) is 2.65. The summed E-state index contributed by atoms with van der Waals surface area (Å²) in [5, 5.41) is 16.0. The second kappa shape index (κ2) is 6.63. The summed E-state index contributed by atoms with van der Waals surface area (Å²) in [4.78, 5) is 0.979. The molecule has 0 aliphatic rings. The number of nitrogens with zero attached hydrogens (tertiary/aromatic N) is 2. The fraction of sp³-hybridized carbons (Fsp3) is 0. The van der Waals surface area contributed by atoms with Crippen LogP contribution >= 0.6 is 11.4 Å². The van der Waals surface area contributed by atoms with E-state index in [1.54, 1.807) is 23.0 Å². The number of rotatable bonds is 3. The number of halogens is 1. The first-order valence-corrected chi connectivity index (χ1v) is 8.67. The Hall–Kier alpha value is -2.76. The Morgan fingerprint density at radius 1 is 0.960 bits per heavy atom. The number of thiol groups is 1. The monoisotopic (exact) mass is 350 g/mol. The molecule has 0 spiro atoms. The molecule has 3 aromatic carbocycles. The molecule has 0 amide bonds. The molecule has 1 heterocycles. The molecular formula is C20H15FN2OS. The van der Waals surface area contributed by atoms with E-state index in [2.05, 4.69) is 5.10 Å². The van der Waals surface area contributed by atoms with Gasteiger partial charge < -0.3 is 5.11 Å². The van der Waals surface area contributed by atoms with Gasteiger partial charge in [0.2, 0.25) is 0 Å². The van der Waals surface area contributed by atoms with Crippen LogP contribution in [0.1, 0.15) is 5.56 Å². The first kappa shape index (κ1) is 15.7. The van der Waals surface area contributed by atoms with Crippen LogP contribution in [0.4, 0.5) is 4.39 Å². The zero-order chi connectivity index (χ0) is 17.2. The van der Waals surface area contributed by atoms with Gasteiger partial charge in [0.1, 0.15) is 10.9 Å². The lowest BCUT2D eigenvalue weighted by Gasteiger charge is -2.04. The maximum absolute atomic E-state index is 13.1. The summed E-state index contributed by atoms with van der Waals surface area (Å²) in [6.07, 6.45) is 1.78. The number of hydrogen-bond donors (Lipinski definition) is 2. The minimum absolute atomic E-state index is 0.270. The van der Waals surface area contributed by atoms with Crippen molar-refractivity contribution in [3.63, 3.8) is 0 Å². The summed E-state index contributed by atoms with van der Waals surface area (Å²) in [5.41, 5.74) is 2.55. The first-order chi connectivity index (χ1) is 12.2. The summed E-state index contributed by atoms with van der Waals surface area (Å²) in [5.74, 6) is -0.270. The maximum atomic E-state index is 13.1. The van der Waals surface area contributed by atoms with Crippen molar-refractivity contribution in [2.24, 2.45) is 0 Å². The molecule has 3 nitrogen and oxygen atoms in total. The van der Waals surface area contributed by atoms with Gasteiger partial charge in [0.05, 0.1) is 17.4 Å². The Kier molecular flexibility index (Phi) is 4.17. The van der Waals surface area contributed by atoms with Crippen molar-refractivity contribution in [1.29, 1.82) is 0 Å². The zero-order valence-electron chi connectivity index (χ0n) is 13.2. The van der Waals surface area contributed by atoms with Crippen molar-refractivity contribution in [3.05, 3.63) is 90.4 Å². The van der Waals surface area contributed by atoms with E-state index in [0.717, 1.165) is 38.4 Å². The van der Waals surface area contributed by atoms with Crippen LogP contribution in [0.3, 0.4) is 0 Å². The maximum Gasteiger partial charge on any atom is 0.123 e. The van der Waals surface area contributed by atoms with E-state index >= 15 is 0 Å². The predicted molar refractivity (Wildman–Crippen MR) is 101 cm³/mol. The van der Waals surface area contributed by atoms with Crippen molar-refractivity contribution in [2.75, 3.05) is 0 Å². The summed E-state index contributed by atoms with van der Waals surface area (Å²) < 4.78 is 14.9. The quantitative estimate of drug-likeness (QED) is 0.414. The topological polar surface area (TPSA) is 38.1 Å². The van der Waals surface area contributed by atoms with Crippen LogP contribution < -0.4 is 0 Å². The lowest BCUT2D eigenvalue weighted by atomic mass is 10.2. The van der Waals surface area contributed by atoms with Crippen LogP contribution in [0.15, 0.2) is 83.9 Å². The Morgan fingerprint density at radius 2 is 1.72 bits per heavy atom. The third-order valence-corrected chi connectivity index (χ3v) is 4.90. The molecule has 0 aliphatic carbocycles. The zero-order valence-corrected chi connectivity index (χ0v) is 14.1. The largest absolute Gasteiger partial charge is 0.355 e. The average Bonchev–Trinajstić information content (AvgIpc) is 3.06. The van der Waals surface area contributed by atoms with Crippen molar-refractivity contribution in [1.82, 2.24) is 9.78 Å². The Labute approximate surface area is 147 Å². The highest BCUT2D eigenvalue weighted by Crippen LogP contribution is 2.23. The van der Waals surface area contributed by atoms with E-state index in [0.29, 0.717) is 5.05 Å². The van der Waals surface area contributed by atoms with Gasteiger partial charge in [0.15, 0.2) is 0 Å². The Bertz CT molecular complexity index is 1060. The van der Waals surface area contributed by atoms with Gasteiger partial charge in [-0.1, -0.05) is 30.3 Å². The van der Waals surface area contributed by atoms with Crippen molar-refractivity contribution >= 4 is 27.3 Å². The van der Waals surface area contributed by atoms with Gasteiger partial charge in [-0.25, -0.2) is 9.07 Å². The summed E-state index contributed by atoms with van der Waals surface area (Å²) in [6, 6.07) is 21.6. The van der Waals surface area contributed by atoms with Gasteiger partial charge >= 0.3 is 0 Å². The molecule has 1 N–H and O–H groups in total. The number of benzene rings is 3. The van der Waals surface area contributed by atoms with E-state index in [4.69, 9.17) is 0 Å². The van der Waals surface area contributed by atoms with E-state index in [-0.39, 0.29) is 5.82 Å². The van der Waals surface area contributed by atoms with E-state index in [1.165, 1.54) is 12.1 Å². The lowest BCUT2D eigenvalue weighted by molar-refractivity contribution is 0.570. The Morgan fingerprint density at radius 3 is 2.48 bits per heavy atom. The Balaban J connectivity index is 1.71. The molecular weight excluding hydrogens is 335 g/mol. The second-order valence-corrected chi connectivity index (χ2v) is 6.74. The van der Waals surface area contributed by atoms with Crippen LogP contribution in [-0.2, 0) is 0 Å². The standard InChI is InChI=1S/C20H15FN2OS/c21-16-6-8-17(9-7-16)23-19-11-10-18(12-15(19)13-22-23)25-20(24)14-4-2-1-3-5-14/h1-13,24-25H. The lowest BCUT2D eigenvalue weighted by Crippen LogP contribution is -1.96. The number of aliphatic hydroxyl groups excluding tert-OH is 1. The van der Waals surface area contributed by atoms with Gasteiger partial charge in [-0.3, -0.25) is 0 Å². The van der Waals surface area contributed by atoms with Gasteiger partial charge in [-0.15, -0.1) is 11.4 Å². The van der Waals surface area contributed by atoms with Gasteiger partial charge in [0.25, 0.3) is 0 Å². The molecule has 0 radical (unpaired) electrons. The highest BCUT2D eigenvalue weighted by atomic mass is 32.1. The summed E-state index contributed by atoms with van der Waals surface area (Å²) in [7, 11) is 0. The average molecular weight is 350 g/mol. The molecule has 4 rings (SSSR count). The molecule has 0 saturated carbocycles. The molecule has 0 fully saturated rings. The highest BCUT2D eigenvalue weighted by molar-refractivity contribution is 7.98. The van der Waals surface area contributed by atoms with Crippen LogP contribution in [0.5, 0.6) is 0 Å². The van der Waals surface area contributed by atoms with E-state index in [1.807, 2.05) is 48.5 Å². The molecule has 0 aliphatic heterocycles. The minimum atomic E-state index is -0.270. The molecule has 5 heteroatoms. The summed E-state index contributed by atoms with van der Waals surface area (Å²) >= 11 is 0.741. The fourth-order valence-corrected chi connectivity index (χ4v) is 3.53. The van der Waals surface area contributed by atoms with Crippen molar-refractivity contribution < 1.29 is 9.50 Å². The number of aromatic nitrogens is 2. The SMILES string of the molecule is OC(=[SH]c1ccc2c(cnn2-c2ccc(F)cc2)c1)c1ccccc1. The number of hydrogen-bond acceptors (Lipinski definition) is 1. The molecule has 0 bridgehead atoms. The third-order valence-electron chi connectivity index (χ3n) is 3.89. The predicted octanol–water partition coefficient (Wildman–Crippen LogP) is 4.73.